The molecule has 1 amide bonds. The zero-order chi connectivity index (χ0) is 10.1. The van der Waals surface area contributed by atoms with E-state index in [-0.39, 0.29) is 15.9 Å². The molecule has 72 valence electrons. The molecule has 0 aliphatic heterocycles. The number of carbonyl (C=O) groups is 1. The molecule has 13 heavy (non-hydrogen) atoms. The molecule has 1 heterocycles. The van der Waals surface area contributed by atoms with Crippen molar-refractivity contribution in [2.75, 3.05) is 0 Å². The predicted molar refractivity (Wildman–Crippen MR) is 52.1 cm³/mol. The molecule has 0 atom stereocenters. The summed E-state index contributed by atoms with van der Waals surface area (Å²) in [5, 5.41) is 10.2. The van der Waals surface area contributed by atoms with Gasteiger partial charge in [-0.25, -0.2) is 0 Å². The van der Waals surface area contributed by atoms with Crippen LogP contribution in [0.25, 0.3) is 0 Å². The second-order valence-electron chi connectivity index (χ2n) is 3.56. The minimum atomic E-state index is -0.269. The number of amides is 1. The van der Waals surface area contributed by atoms with Gasteiger partial charge in [-0.15, -0.1) is 10.2 Å². The lowest BCUT2D eigenvalue weighted by Gasteiger charge is -2.19. The molecule has 0 spiro atoms. The molecular weight excluding hydrogens is 210 g/mol. The first-order valence-corrected chi connectivity index (χ1v) is 4.89. The molecule has 6 heteroatoms. The standard InChI is InChI=1S/C7H10ClN3OS/c1-7(2,3)9-4(12)5-10-11-6(8)13-5/h1-3H3,(H,9,12). The number of nitrogens with zero attached hydrogens (tertiary/aromatic N) is 2. The highest BCUT2D eigenvalue weighted by Crippen LogP contribution is 2.15. The Kier molecular flexibility index (Phi) is 2.87. The van der Waals surface area contributed by atoms with Crippen molar-refractivity contribution >= 4 is 28.8 Å². The third-order valence-electron chi connectivity index (χ3n) is 1.08. The Bertz CT molecular complexity index is 318. The Morgan fingerprint density at radius 3 is 2.46 bits per heavy atom. The zero-order valence-corrected chi connectivity index (χ0v) is 9.16. The number of aromatic nitrogens is 2. The summed E-state index contributed by atoms with van der Waals surface area (Å²) >= 11 is 6.61. The van der Waals surface area contributed by atoms with E-state index in [0.717, 1.165) is 11.3 Å². The fourth-order valence-corrected chi connectivity index (χ4v) is 1.41. The molecule has 0 radical (unpaired) electrons. The summed E-state index contributed by atoms with van der Waals surface area (Å²) in [7, 11) is 0. The minimum absolute atomic E-state index is 0.239. The number of hydrogen-bond acceptors (Lipinski definition) is 4. The second kappa shape index (κ2) is 3.59. The number of halogens is 1. The Morgan fingerprint density at radius 2 is 2.08 bits per heavy atom. The molecule has 0 bridgehead atoms. The number of rotatable bonds is 1. The van der Waals surface area contributed by atoms with Crippen LogP contribution in [0.5, 0.6) is 0 Å². The topological polar surface area (TPSA) is 54.9 Å². The van der Waals surface area contributed by atoms with E-state index in [9.17, 15) is 4.79 Å². The lowest BCUT2D eigenvalue weighted by atomic mass is 10.1. The monoisotopic (exact) mass is 219 g/mol. The van der Waals surface area contributed by atoms with Crippen LogP contribution in [0.2, 0.25) is 4.47 Å². The van der Waals surface area contributed by atoms with E-state index in [0.29, 0.717) is 5.01 Å². The van der Waals surface area contributed by atoms with Crippen LogP contribution in [0.4, 0.5) is 0 Å². The summed E-state index contributed by atoms with van der Waals surface area (Å²) in [4.78, 5) is 11.4. The van der Waals surface area contributed by atoms with Crippen LogP contribution < -0.4 is 5.32 Å². The van der Waals surface area contributed by atoms with Crippen LogP contribution in [0.1, 0.15) is 30.6 Å². The van der Waals surface area contributed by atoms with Crippen molar-refractivity contribution in [3.8, 4) is 0 Å². The molecule has 0 aromatic carbocycles. The number of nitrogens with one attached hydrogen (secondary N) is 1. The highest BCUT2D eigenvalue weighted by Gasteiger charge is 2.18. The average Bonchev–Trinajstić information content (AvgIpc) is 2.31. The Morgan fingerprint density at radius 1 is 1.46 bits per heavy atom. The maximum atomic E-state index is 11.4. The van der Waals surface area contributed by atoms with Crippen LogP contribution in [0, 0.1) is 0 Å². The molecule has 0 unspecified atom stereocenters. The molecule has 0 aliphatic rings. The summed E-state index contributed by atoms with van der Waals surface area (Å²) in [6.45, 7) is 5.69. The van der Waals surface area contributed by atoms with Crippen LogP contribution in [-0.4, -0.2) is 21.6 Å². The van der Waals surface area contributed by atoms with Crippen LogP contribution in [0.3, 0.4) is 0 Å². The summed E-state index contributed by atoms with van der Waals surface area (Å²) in [5.41, 5.74) is -0.269. The highest BCUT2D eigenvalue weighted by molar-refractivity contribution is 7.17. The molecule has 1 aromatic heterocycles. The van der Waals surface area contributed by atoms with Gasteiger partial charge < -0.3 is 5.32 Å². The first kappa shape index (κ1) is 10.4. The Hall–Kier alpha value is -0.680. The van der Waals surface area contributed by atoms with E-state index in [1.54, 1.807) is 0 Å². The maximum Gasteiger partial charge on any atom is 0.282 e. The highest BCUT2D eigenvalue weighted by atomic mass is 35.5. The van der Waals surface area contributed by atoms with Gasteiger partial charge in [0, 0.05) is 5.54 Å². The van der Waals surface area contributed by atoms with Gasteiger partial charge in [0.25, 0.3) is 5.91 Å². The van der Waals surface area contributed by atoms with Crippen LogP contribution in [-0.2, 0) is 0 Å². The van der Waals surface area contributed by atoms with Gasteiger partial charge in [0.2, 0.25) is 9.47 Å². The van der Waals surface area contributed by atoms with E-state index in [1.165, 1.54) is 0 Å². The van der Waals surface area contributed by atoms with E-state index in [1.807, 2.05) is 20.8 Å². The van der Waals surface area contributed by atoms with Crippen molar-refractivity contribution in [3.05, 3.63) is 9.47 Å². The maximum absolute atomic E-state index is 11.4. The van der Waals surface area contributed by atoms with Gasteiger partial charge in [-0.3, -0.25) is 4.79 Å². The molecule has 0 fully saturated rings. The van der Waals surface area contributed by atoms with Gasteiger partial charge in [-0.2, -0.15) is 0 Å². The van der Waals surface area contributed by atoms with Gasteiger partial charge in [0.1, 0.15) is 0 Å². The fraction of sp³-hybridized carbons (Fsp3) is 0.571. The van der Waals surface area contributed by atoms with E-state index < -0.39 is 0 Å². The van der Waals surface area contributed by atoms with E-state index in [2.05, 4.69) is 15.5 Å². The average molecular weight is 220 g/mol. The SMILES string of the molecule is CC(C)(C)NC(=O)c1nnc(Cl)s1. The smallest absolute Gasteiger partial charge is 0.282 e. The summed E-state index contributed by atoms with van der Waals surface area (Å²) in [5.74, 6) is -0.239. The molecule has 4 nitrogen and oxygen atoms in total. The first-order chi connectivity index (χ1) is 5.88. The van der Waals surface area contributed by atoms with E-state index >= 15 is 0 Å². The fourth-order valence-electron chi connectivity index (χ4n) is 0.691. The lowest BCUT2D eigenvalue weighted by molar-refractivity contribution is 0.0918. The largest absolute Gasteiger partial charge is 0.345 e. The second-order valence-corrected chi connectivity index (χ2v) is 5.12. The van der Waals surface area contributed by atoms with Crippen molar-refractivity contribution in [1.82, 2.24) is 15.5 Å². The third-order valence-corrected chi connectivity index (χ3v) is 2.10. The van der Waals surface area contributed by atoms with Gasteiger partial charge in [-0.05, 0) is 32.4 Å². The number of carbonyl (C=O) groups excluding carboxylic acids is 1. The molecule has 0 saturated heterocycles. The zero-order valence-electron chi connectivity index (χ0n) is 7.59. The quantitative estimate of drug-likeness (QED) is 0.783. The molecule has 0 aliphatic carbocycles. The lowest BCUT2D eigenvalue weighted by Crippen LogP contribution is -2.40. The Balaban J connectivity index is 2.70. The summed E-state index contributed by atoms with van der Waals surface area (Å²) in [6.07, 6.45) is 0. The number of hydrogen-bond donors (Lipinski definition) is 1. The molecule has 0 saturated carbocycles. The van der Waals surface area contributed by atoms with Crippen molar-refractivity contribution in [1.29, 1.82) is 0 Å². The molecule has 1 aromatic rings. The third kappa shape index (κ3) is 3.28. The van der Waals surface area contributed by atoms with Crippen molar-refractivity contribution in [2.45, 2.75) is 26.3 Å². The predicted octanol–water partition coefficient (Wildman–Crippen LogP) is 1.72. The van der Waals surface area contributed by atoms with Crippen molar-refractivity contribution in [3.63, 3.8) is 0 Å². The molecule has 1 rings (SSSR count). The van der Waals surface area contributed by atoms with Crippen molar-refractivity contribution < 1.29 is 4.79 Å². The van der Waals surface area contributed by atoms with Gasteiger partial charge in [0.05, 0.1) is 0 Å². The van der Waals surface area contributed by atoms with Gasteiger partial charge >= 0.3 is 0 Å². The molecule has 1 N–H and O–H groups in total. The van der Waals surface area contributed by atoms with E-state index in [4.69, 9.17) is 11.6 Å². The molecular formula is C7H10ClN3OS. The summed E-state index contributed by atoms with van der Waals surface area (Å²) in [6, 6.07) is 0. The van der Waals surface area contributed by atoms with Crippen molar-refractivity contribution in [2.24, 2.45) is 0 Å². The summed E-state index contributed by atoms with van der Waals surface area (Å²) < 4.78 is 0.277. The van der Waals surface area contributed by atoms with Gasteiger partial charge in [-0.1, -0.05) is 11.3 Å². The normalized spacial score (nSPS) is 11.4. The minimum Gasteiger partial charge on any atom is -0.345 e. The van der Waals surface area contributed by atoms with Gasteiger partial charge in [0.15, 0.2) is 0 Å². The first-order valence-electron chi connectivity index (χ1n) is 3.70. The van der Waals surface area contributed by atoms with Crippen LogP contribution >= 0.6 is 22.9 Å². The Labute approximate surface area is 85.3 Å². The van der Waals surface area contributed by atoms with Crippen LogP contribution in [0.15, 0.2) is 0 Å².